The van der Waals surface area contributed by atoms with Gasteiger partial charge in [-0.25, -0.2) is 0 Å². The van der Waals surface area contributed by atoms with Gasteiger partial charge >= 0.3 is 0 Å². The lowest BCUT2D eigenvalue weighted by Gasteiger charge is -2.22. The number of rotatable bonds is 2. The number of anilines is 1. The topological polar surface area (TPSA) is 38.5 Å². The van der Waals surface area contributed by atoms with E-state index in [0.29, 0.717) is 6.10 Å². The molecule has 1 fully saturated rings. The van der Waals surface area contributed by atoms with Crippen molar-refractivity contribution in [3.63, 3.8) is 0 Å². The zero-order chi connectivity index (χ0) is 12.3. The van der Waals surface area contributed by atoms with Gasteiger partial charge in [-0.1, -0.05) is 6.07 Å². The predicted octanol–water partition coefficient (Wildman–Crippen LogP) is 2.64. The van der Waals surface area contributed by atoms with E-state index in [0.717, 1.165) is 42.8 Å². The number of nitrogens with two attached hydrogens (primary N) is 1. The van der Waals surface area contributed by atoms with Crippen LogP contribution in [0.15, 0.2) is 22.7 Å². The fraction of sp³-hybridized carbons (Fsp3) is 0.538. The SMILES string of the molecule is CC1CN(Cc2ccc(Br)c(N)c2)CCCO1. The van der Waals surface area contributed by atoms with E-state index in [-0.39, 0.29) is 0 Å². The summed E-state index contributed by atoms with van der Waals surface area (Å²) in [6.07, 6.45) is 1.43. The van der Waals surface area contributed by atoms with E-state index in [2.05, 4.69) is 33.8 Å². The largest absolute Gasteiger partial charge is 0.398 e. The minimum atomic E-state index is 0.324. The Hall–Kier alpha value is -0.580. The molecule has 0 saturated carbocycles. The van der Waals surface area contributed by atoms with Crippen molar-refractivity contribution >= 4 is 21.6 Å². The molecule has 2 N–H and O–H groups in total. The molecule has 0 spiro atoms. The summed E-state index contributed by atoms with van der Waals surface area (Å²) in [5.74, 6) is 0. The molecule has 17 heavy (non-hydrogen) atoms. The van der Waals surface area contributed by atoms with E-state index in [1.807, 2.05) is 12.1 Å². The second kappa shape index (κ2) is 5.85. The fourth-order valence-corrected chi connectivity index (χ4v) is 2.42. The predicted molar refractivity (Wildman–Crippen MR) is 73.9 cm³/mol. The summed E-state index contributed by atoms with van der Waals surface area (Å²) < 4.78 is 6.61. The monoisotopic (exact) mass is 298 g/mol. The molecule has 94 valence electrons. The Bertz CT molecular complexity index is 384. The van der Waals surface area contributed by atoms with Gasteiger partial charge in [-0.2, -0.15) is 0 Å². The zero-order valence-corrected chi connectivity index (χ0v) is 11.7. The number of nitrogens with zero attached hydrogens (tertiary/aromatic N) is 1. The molecular formula is C13H19BrN2O. The molecule has 0 aliphatic carbocycles. The van der Waals surface area contributed by atoms with E-state index < -0.39 is 0 Å². The lowest BCUT2D eigenvalue weighted by Crippen LogP contribution is -2.29. The summed E-state index contributed by atoms with van der Waals surface area (Å²) >= 11 is 3.42. The first kappa shape index (κ1) is 12.9. The number of hydrogen-bond donors (Lipinski definition) is 1. The van der Waals surface area contributed by atoms with Gasteiger partial charge in [0.1, 0.15) is 0 Å². The Kier molecular flexibility index (Phi) is 4.42. The molecule has 2 rings (SSSR count). The first-order valence-corrected chi connectivity index (χ1v) is 6.82. The van der Waals surface area contributed by atoms with Crippen LogP contribution >= 0.6 is 15.9 Å². The van der Waals surface area contributed by atoms with Crippen molar-refractivity contribution in [2.45, 2.75) is 26.0 Å². The van der Waals surface area contributed by atoms with Crippen LogP contribution in [0.1, 0.15) is 18.9 Å². The minimum absolute atomic E-state index is 0.324. The maximum absolute atomic E-state index is 5.89. The maximum atomic E-state index is 5.89. The van der Waals surface area contributed by atoms with E-state index in [4.69, 9.17) is 10.5 Å². The summed E-state index contributed by atoms with van der Waals surface area (Å²) in [6, 6.07) is 6.18. The van der Waals surface area contributed by atoms with Crippen LogP contribution in [-0.4, -0.2) is 30.7 Å². The first-order chi connectivity index (χ1) is 8.15. The lowest BCUT2D eigenvalue weighted by molar-refractivity contribution is 0.0668. The number of halogens is 1. The highest BCUT2D eigenvalue weighted by Crippen LogP contribution is 2.21. The molecule has 0 radical (unpaired) electrons. The first-order valence-electron chi connectivity index (χ1n) is 6.03. The van der Waals surface area contributed by atoms with Crippen LogP contribution in [0.5, 0.6) is 0 Å². The molecule has 1 aromatic rings. The average molecular weight is 299 g/mol. The zero-order valence-electron chi connectivity index (χ0n) is 10.2. The van der Waals surface area contributed by atoms with Crippen LogP contribution in [0.25, 0.3) is 0 Å². The van der Waals surface area contributed by atoms with Crippen molar-refractivity contribution in [3.8, 4) is 0 Å². The molecule has 3 nitrogen and oxygen atoms in total. The quantitative estimate of drug-likeness (QED) is 0.853. The van der Waals surface area contributed by atoms with Crippen molar-refractivity contribution in [1.82, 2.24) is 4.90 Å². The second-order valence-electron chi connectivity index (χ2n) is 4.63. The average Bonchev–Trinajstić information content (AvgIpc) is 2.48. The molecule has 4 heteroatoms. The van der Waals surface area contributed by atoms with Gasteiger partial charge in [-0.15, -0.1) is 0 Å². The van der Waals surface area contributed by atoms with Crippen molar-refractivity contribution in [2.75, 3.05) is 25.4 Å². The molecule has 1 aliphatic heterocycles. The van der Waals surface area contributed by atoms with Gasteiger partial charge in [0.15, 0.2) is 0 Å². The van der Waals surface area contributed by atoms with Gasteiger partial charge in [0.25, 0.3) is 0 Å². The number of benzene rings is 1. The molecular weight excluding hydrogens is 280 g/mol. The molecule has 1 unspecified atom stereocenters. The Balaban J connectivity index is 2.01. The molecule has 1 saturated heterocycles. The molecule has 0 amide bonds. The second-order valence-corrected chi connectivity index (χ2v) is 5.48. The Morgan fingerprint density at radius 1 is 1.53 bits per heavy atom. The molecule has 1 heterocycles. The lowest BCUT2D eigenvalue weighted by atomic mass is 10.2. The summed E-state index contributed by atoms with van der Waals surface area (Å²) in [5.41, 5.74) is 7.96. The number of nitrogen functional groups attached to an aromatic ring is 1. The van der Waals surface area contributed by atoms with Gasteiger partial charge < -0.3 is 10.5 Å². The smallest absolute Gasteiger partial charge is 0.0674 e. The van der Waals surface area contributed by atoms with Crippen molar-refractivity contribution < 1.29 is 4.74 Å². The van der Waals surface area contributed by atoms with E-state index >= 15 is 0 Å². The summed E-state index contributed by atoms with van der Waals surface area (Å²) in [6.45, 7) is 6.05. The summed E-state index contributed by atoms with van der Waals surface area (Å²) in [5, 5.41) is 0. The van der Waals surface area contributed by atoms with E-state index in [1.165, 1.54) is 5.56 Å². The van der Waals surface area contributed by atoms with E-state index in [9.17, 15) is 0 Å². The van der Waals surface area contributed by atoms with Crippen LogP contribution < -0.4 is 5.73 Å². The highest BCUT2D eigenvalue weighted by Gasteiger charge is 2.15. The third kappa shape index (κ3) is 3.69. The van der Waals surface area contributed by atoms with Crippen LogP contribution in [-0.2, 0) is 11.3 Å². The van der Waals surface area contributed by atoms with Crippen LogP contribution in [0.3, 0.4) is 0 Å². The van der Waals surface area contributed by atoms with Crippen molar-refractivity contribution in [3.05, 3.63) is 28.2 Å². The molecule has 1 aromatic carbocycles. The van der Waals surface area contributed by atoms with Crippen LogP contribution in [0.4, 0.5) is 5.69 Å². The van der Waals surface area contributed by atoms with E-state index in [1.54, 1.807) is 0 Å². The molecule has 0 bridgehead atoms. The molecule has 1 aliphatic rings. The Morgan fingerprint density at radius 3 is 3.12 bits per heavy atom. The van der Waals surface area contributed by atoms with Gasteiger partial charge in [0.2, 0.25) is 0 Å². The highest BCUT2D eigenvalue weighted by molar-refractivity contribution is 9.10. The summed E-state index contributed by atoms with van der Waals surface area (Å²) in [4.78, 5) is 2.43. The fourth-order valence-electron chi connectivity index (χ4n) is 2.17. The Labute approximate surface area is 111 Å². The minimum Gasteiger partial charge on any atom is -0.398 e. The van der Waals surface area contributed by atoms with Crippen LogP contribution in [0.2, 0.25) is 0 Å². The highest BCUT2D eigenvalue weighted by atomic mass is 79.9. The van der Waals surface area contributed by atoms with Crippen molar-refractivity contribution in [1.29, 1.82) is 0 Å². The van der Waals surface area contributed by atoms with Crippen molar-refractivity contribution in [2.24, 2.45) is 0 Å². The number of ether oxygens (including phenoxy) is 1. The standard InChI is InChI=1S/C13H19BrN2O/c1-10-8-16(5-2-6-17-10)9-11-3-4-12(14)13(15)7-11/h3-4,7,10H,2,5-6,8-9,15H2,1H3. The molecule has 0 aromatic heterocycles. The third-order valence-electron chi connectivity index (χ3n) is 3.00. The van der Waals surface area contributed by atoms with Gasteiger partial charge in [-0.05, 0) is 47.0 Å². The molecule has 1 atom stereocenters. The van der Waals surface area contributed by atoms with Gasteiger partial charge in [0.05, 0.1) is 6.10 Å². The normalized spacial score (nSPS) is 22.4. The maximum Gasteiger partial charge on any atom is 0.0674 e. The third-order valence-corrected chi connectivity index (χ3v) is 3.73. The van der Waals surface area contributed by atoms with Crippen LogP contribution in [0, 0.1) is 0 Å². The number of hydrogen-bond acceptors (Lipinski definition) is 3. The van der Waals surface area contributed by atoms with Gasteiger partial charge in [0, 0.05) is 36.4 Å². The van der Waals surface area contributed by atoms with Gasteiger partial charge in [-0.3, -0.25) is 4.90 Å². The summed E-state index contributed by atoms with van der Waals surface area (Å²) in [7, 11) is 0. The Morgan fingerprint density at radius 2 is 2.35 bits per heavy atom.